The molecule has 0 aliphatic carbocycles. The molecule has 0 saturated heterocycles. The lowest BCUT2D eigenvalue weighted by Gasteiger charge is -2.13. The van der Waals surface area contributed by atoms with Crippen molar-refractivity contribution >= 4 is 29.3 Å². The predicted molar refractivity (Wildman–Crippen MR) is 112 cm³/mol. The van der Waals surface area contributed by atoms with Gasteiger partial charge in [-0.2, -0.15) is 15.0 Å². The maximum atomic E-state index is 5.86. The van der Waals surface area contributed by atoms with Crippen LogP contribution in [-0.4, -0.2) is 27.3 Å². The molecule has 27 heavy (non-hydrogen) atoms. The number of rotatable bonds is 8. The number of para-hydroxylation sites is 2. The van der Waals surface area contributed by atoms with Crippen molar-refractivity contribution in [1.82, 2.24) is 15.0 Å². The van der Waals surface area contributed by atoms with E-state index in [0.29, 0.717) is 18.4 Å². The second-order valence-electron chi connectivity index (χ2n) is 5.99. The van der Waals surface area contributed by atoms with Crippen molar-refractivity contribution in [3.05, 3.63) is 66.0 Å². The van der Waals surface area contributed by atoms with Crippen LogP contribution in [0.4, 0.5) is 17.6 Å². The second-order valence-corrected chi connectivity index (χ2v) is 7.44. The van der Waals surface area contributed by atoms with Gasteiger partial charge in [0, 0.05) is 11.4 Å². The van der Waals surface area contributed by atoms with Gasteiger partial charge in [0.15, 0.2) is 0 Å². The molecule has 140 valence electrons. The average molecular weight is 382 g/mol. The average Bonchev–Trinajstić information content (AvgIpc) is 2.66. The molecule has 0 bridgehead atoms. The molecule has 0 fully saturated rings. The Morgan fingerprint density at radius 3 is 2.56 bits per heavy atom. The summed E-state index contributed by atoms with van der Waals surface area (Å²) >= 11 is 1.72. The van der Waals surface area contributed by atoms with Crippen LogP contribution in [0, 0.1) is 6.92 Å². The van der Waals surface area contributed by atoms with Gasteiger partial charge >= 0.3 is 0 Å². The van der Waals surface area contributed by atoms with E-state index in [1.807, 2.05) is 61.5 Å². The van der Waals surface area contributed by atoms with E-state index in [9.17, 15) is 0 Å². The third-order valence-corrected chi connectivity index (χ3v) is 4.98. The summed E-state index contributed by atoms with van der Waals surface area (Å²) in [6.07, 6.45) is 0. The molecule has 2 aromatic carbocycles. The van der Waals surface area contributed by atoms with Gasteiger partial charge in [0.25, 0.3) is 0 Å². The first-order valence-electron chi connectivity index (χ1n) is 8.75. The molecule has 1 aromatic heterocycles. The minimum absolute atomic E-state index is 0.0760. The first-order valence-corrected chi connectivity index (χ1v) is 9.80. The number of aryl methyl sites for hydroxylation is 1. The summed E-state index contributed by atoms with van der Waals surface area (Å²) in [5.41, 5.74) is 7.90. The monoisotopic (exact) mass is 381 g/mol. The van der Waals surface area contributed by atoms with Gasteiger partial charge in [0.1, 0.15) is 11.6 Å². The summed E-state index contributed by atoms with van der Waals surface area (Å²) in [6.45, 7) is 4.72. The molecule has 3 aromatic rings. The van der Waals surface area contributed by atoms with Crippen LogP contribution in [0.15, 0.2) is 54.6 Å². The van der Waals surface area contributed by atoms with E-state index in [0.717, 1.165) is 22.8 Å². The summed E-state index contributed by atoms with van der Waals surface area (Å²) in [4.78, 5) is 13.0. The fourth-order valence-corrected chi connectivity index (χ4v) is 3.25. The molecule has 0 amide bonds. The highest BCUT2D eigenvalue weighted by Crippen LogP contribution is 2.27. The molecule has 0 aliphatic heterocycles. The minimum atomic E-state index is 0.0760. The number of anilines is 3. The predicted octanol–water partition coefficient (Wildman–Crippen LogP) is 4.38. The normalized spacial score (nSPS) is 11.8. The molecule has 0 aliphatic rings. The quantitative estimate of drug-likeness (QED) is 0.560. The summed E-state index contributed by atoms with van der Waals surface area (Å²) in [7, 11) is 0. The van der Waals surface area contributed by atoms with Crippen molar-refractivity contribution in [2.75, 3.05) is 23.4 Å². The highest BCUT2D eigenvalue weighted by atomic mass is 32.2. The molecule has 0 radical (unpaired) electrons. The largest absolute Gasteiger partial charge is 0.492 e. The van der Waals surface area contributed by atoms with Crippen molar-refractivity contribution < 1.29 is 4.74 Å². The van der Waals surface area contributed by atoms with E-state index in [1.54, 1.807) is 11.8 Å². The maximum absolute atomic E-state index is 5.86. The number of benzene rings is 2. The van der Waals surface area contributed by atoms with Crippen molar-refractivity contribution in [3.63, 3.8) is 0 Å². The number of hydrogen-bond donors (Lipinski definition) is 2. The molecular weight excluding hydrogens is 358 g/mol. The highest BCUT2D eigenvalue weighted by molar-refractivity contribution is 7.99. The van der Waals surface area contributed by atoms with E-state index in [1.165, 1.54) is 0 Å². The summed E-state index contributed by atoms with van der Waals surface area (Å²) < 4.78 is 5.84. The van der Waals surface area contributed by atoms with Gasteiger partial charge in [-0.25, -0.2) is 0 Å². The van der Waals surface area contributed by atoms with Gasteiger partial charge in [0.2, 0.25) is 11.9 Å². The topological polar surface area (TPSA) is 86.0 Å². The minimum Gasteiger partial charge on any atom is -0.492 e. The van der Waals surface area contributed by atoms with Crippen LogP contribution in [0.5, 0.6) is 5.75 Å². The number of ether oxygens (including phenoxy) is 1. The lowest BCUT2D eigenvalue weighted by molar-refractivity contribution is 0.341. The fraction of sp³-hybridized carbons (Fsp3) is 0.250. The van der Waals surface area contributed by atoms with Crippen LogP contribution in [0.2, 0.25) is 0 Å². The van der Waals surface area contributed by atoms with E-state index < -0.39 is 0 Å². The van der Waals surface area contributed by atoms with Gasteiger partial charge < -0.3 is 15.8 Å². The Balaban J connectivity index is 1.56. The molecule has 3 rings (SSSR count). The number of nitrogen functional groups attached to an aromatic ring is 1. The van der Waals surface area contributed by atoms with Crippen LogP contribution >= 0.6 is 11.8 Å². The Bertz CT molecular complexity index is 875. The van der Waals surface area contributed by atoms with E-state index >= 15 is 0 Å². The van der Waals surface area contributed by atoms with Crippen molar-refractivity contribution in [2.24, 2.45) is 0 Å². The van der Waals surface area contributed by atoms with Gasteiger partial charge in [-0.05, 0) is 37.6 Å². The Morgan fingerprint density at radius 2 is 1.78 bits per heavy atom. The Hall–Kier alpha value is -2.80. The fourth-order valence-electron chi connectivity index (χ4n) is 2.47. The zero-order valence-corrected chi connectivity index (χ0v) is 16.2. The van der Waals surface area contributed by atoms with Crippen LogP contribution < -0.4 is 15.8 Å². The number of nitrogens with zero attached hydrogens (tertiary/aromatic N) is 3. The first kappa shape index (κ1) is 19.0. The molecule has 1 heterocycles. The second kappa shape index (κ2) is 9.23. The summed E-state index contributed by atoms with van der Waals surface area (Å²) in [5, 5.41) is 3.23. The van der Waals surface area contributed by atoms with Gasteiger partial charge in [-0.1, -0.05) is 36.4 Å². The molecular formula is C20H23N5OS. The maximum Gasteiger partial charge on any atom is 0.232 e. The summed E-state index contributed by atoms with van der Waals surface area (Å²) in [5.74, 6) is 3.06. The molecule has 0 saturated carbocycles. The zero-order chi connectivity index (χ0) is 19.1. The van der Waals surface area contributed by atoms with E-state index in [2.05, 4.69) is 27.2 Å². The van der Waals surface area contributed by atoms with Crippen molar-refractivity contribution in [3.8, 4) is 5.75 Å². The first-order chi connectivity index (χ1) is 13.1. The highest BCUT2D eigenvalue weighted by Gasteiger charge is 2.13. The number of hydrogen-bond acceptors (Lipinski definition) is 7. The van der Waals surface area contributed by atoms with Gasteiger partial charge in [0.05, 0.1) is 11.9 Å². The lowest BCUT2D eigenvalue weighted by Crippen LogP contribution is -2.09. The smallest absolute Gasteiger partial charge is 0.232 e. The standard InChI is InChI=1S/C20H23N5OS/c1-14-8-6-7-11-17(14)26-12-13-27-15(2)18-23-19(21)25-20(24-18)22-16-9-4-3-5-10-16/h3-11,15H,12-13H2,1-2H3,(H3,21,22,23,24,25). The van der Waals surface area contributed by atoms with Crippen molar-refractivity contribution in [1.29, 1.82) is 0 Å². The van der Waals surface area contributed by atoms with Crippen LogP contribution in [-0.2, 0) is 0 Å². The summed E-state index contributed by atoms with van der Waals surface area (Å²) in [6, 6.07) is 17.7. The zero-order valence-electron chi connectivity index (χ0n) is 15.4. The molecule has 6 nitrogen and oxygen atoms in total. The van der Waals surface area contributed by atoms with E-state index in [4.69, 9.17) is 10.5 Å². The number of nitrogens with two attached hydrogens (primary N) is 1. The molecule has 0 spiro atoms. The number of nitrogens with one attached hydrogen (secondary N) is 1. The molecule has 7 heteroatoms. The van der Waals surface area contributed by atoms with Gasteiger partial charge in [-0.15, -0.1) is 11.8 Å². The van der Waals surface area contributed by atoms with Crippen LogP contribution in [0.3, 0.4) is 0 Å². The molecule has 3 N–H and O–H groups in total. The van der Waals surface area contributed by atoms with E-state index in [-0.39, 0.29) is 11.2 Å². The molecule has 1 unspecified atom stereocenters. The third-order valence-electron chi connectivity index (χ3n) is 3.87. The van der Waals surface area contributed by atoms with Gasteiger partial charge in [-0.3, -0.25) is 0 Å². The lowest BCUT2D eigenvalue weighted by atomic mass is 10.2. The Labute approximate surface area is 163 Å². The van der Waals surface area contributed by atoms with Crippen LogP contribution in [0.25, 0.3) is 0 Å². The molecule has 1 atom stereocenters. The number of thioether (sulfide) groups is 1. The SMILES string of the molecule is Cc1ccccc1OCCSC(C)c1nc(N)nc(Nc2ccccc2)n1. The van der Waals surface area contributed by atoms with Crippen molar-refractivity contribution in [2.45, 2.75) is 19.1 Å². The Kier molecular flexibility index (Phi) is 6.49. The Morgan fingerprint density at radius 1 is 1.04 bits per heavy atom. The van der Waals surface area contributed by atoms with Crippen LogP contribution in [0.1, 0.15) is 23.6 Å². The third kappa shape index (κ3) is 5.59. The number of aromatic nitrogens is 3.